The largest absolute Gasteiger partial charge is 0.382 e. The Balaban J connectivity index is 1.13. The average Bonchev–Trinajstić information content (AvgIpc) is 3.71. The smallest absolute Gasteiger partial charge is 0.264 e. The lowest BCUT2D eigenvalue weighted by Gasteiger charge is -2.37. The molecule has 1 amide bonds. The van der Waals surface area contributed by atoms with E-state index in [4.69, 9.17) is 48.4 Å². The quantitative estimate of drug-likeness (QED) is 0.280. The third-order valence-corrected chi connectivity index (χ3v) is 10.0. The minimum Gasteiger partial charge on any atom is -0.382 e. The van der Waals surface area contributed by atoms with Gasteiger partial charge in [-0.1, -0.05) is 0 Å². The van der Waals surface area contributed by atoms with E-state index in [0.29, 0.717) is 0 Å². The highest BCUT2D eigenvalue weighted by molar-refractivity contribution is 7.79. The standard InChI is InChI=1S/C21H23B2F3N8O9P2/c22-44(36)39-3-9-15(12(26)21(41-9)34-6-32-13-16(27)28-4-30-18(13)34)43-45(23,37)38-2-8-14(42-44)11(25)20(40-8)33-1-7(24)10-17(33)29-5-31-19(10)35/h1,4,6,8-12,14-15,17,20-21,29H,2-3,5H2,(H,31,35)(H2,27,28,30)/t8-,9-,10?,11+,12+,14?,15?,17?,20-,21-,44-,45+/m1/s1. The van der Waals surface area contributed by atoms with Crippen molar-refractivity contribution in [1.29, 1.82) is 0 Å². The number of alkyl halides is 2. The molecule has 2 aromatic heterocycles. The second-order valence-electron chi connectivity index (χ2n) is 10.7. The highest BCUT2D eigenvalue weighted by atomic mass is 31.2. The molecule has 12 atom stereocenters. The van der Waals surface area contributed by atoms with Gasteiger partial charge in [0.25, 0.3) is 14.9 Å². The summed E-state index contributed by atoms with van der Waals surface area (Å²) in [5.41, 5.74) is 6.07. The number of amides is 1. The van der Waals surface area contributed by atoms with Crippen LogP contribution in [0.1, 0.15) is 6.23 Å². The average molecular weight is 672 g/mol. The highest BCUT2D eigenvalue weighted by Gasteiger charge is 2.56. The number of imidazole rings is 1. The summed E-state index contributed by atoms with van der Waals surface area (Å²) in [6, 6.07) is 0. The molecule has 45 heavy (non-hydrogen) atoms. The fraction of sp³-hybridized carbons (Fsp3) is 0.619. The predicted molar refractivity (Wildman–Crippen MR) is 145 cm³/mol. The van der Waals surface area contributed by atoms with Crippen LogP contribution in [-0.4, -0.2) is 114 Å². The van der Waals surface area contributed by atoms with Crippen molar-refractivity contribution in [2.45, 2.75) is 55.4 Å². The lowest BCUT2D eigenvalue weighted by Crippen LogP contribution is -2.60. The first-order chi connectivity index (χ1) is 21.3. The van der Waals surface area contributed by atoms with Crippen molar-refractivity contribution in [2.24, 2.45) is 5.92 Å². The molecule has 238 valence electrons. The summed E-state index contributed by atoms with van der Waals surface area (Å²) in [5, 5.41) is 5.28. The SMILES string of the molecule is [B][P@]1(=O)OC[C@H]2O[C@@H](N3C=C(F)C4C(=O)NCNC43)[C@@H](F)C2O[P@]([B])(=O)OC[C@H]2O[C@@H](n3cnc4c(N)ncnc43)[C@@H](F)C2O1. The van der Waals surface area contributed by atoms with Crippen LogP contribution in [0, 0.1) is 5.92 Å². The van der Waals surface area contributed by atoms with Crippen LogP contribution in [0.5, 0.6) is 0 Å². The minimum atomic E-state index is -4.66. The van der Waals surface area contributed by atoms with Gasteiger partial charge in [-0.3, -0.25) is 23.8 Å². The van der Waals surface area contributed by atoms with Crippen LogP contribution < -0.4 is 16.4 Å². The normalized spacial score (nSPS) is 43.9. The van der Waals surface area contributed by atoms with Gasteiger partial charge in [0, 0.05) is 6.20 Å². The molecule has 7 rings (SSSR count). The number of halogens is 3. The van der Waals surface area contributed by atoms with Crippen molar-refractivity contribution in [2.75, 3.05) is 25.6 Å². The molecule has 0 saturated carbocycles. The third kappa shape index (κ3) is 5.49. The number of hydrogen-bond donors (Lipinski definition) is 3. The van der Waals surface area contributed by atoms with Gasteiger partial charge in [0.05, 0.1) is 26.2 Å². The van der Waals surface area contributed by atoms with Crippen LogP contribution in [0.25, 0.3) is 11.2 Å². The number of nitrogens with two attached hydrogens (primary N) is 1. The van der Waals surface area contributed by atoms with Gasteiger partial charge in [-0.2, -0.15) is 0 Å². The monoisotopic (exact) mass is 672 g/mol. The molecule has 4 N–H and O–H groups in total. The molecule has 0 bridgehead atoms. The first-order valence-corrected chi connectivity index (χ1v) is 16.7. The lowest BCUT2D eigenvalue weighted by molar-refractivity contribution is -0.132. The molecule has 4 saturated heterocycles. The number of aromatic nitrogens is 4. The van der Waals surface area contributed by atoms with E-state index in [1.165, 1.54) is 10.9 Å². The molecule has 0 aromatic carbocycles. The Labute approximate surface area is 254 Å². The van der Waals surface area contributed by atoms with Gasteiger partial charge in [0.15, 0.2) is 36.3 Å². The van der Waals surface area contributed by atoms with E-state index in [1.807, 2.05) is 0 Å². The second-order valence-corrected chi connectivity index (χ2v) is 13.8. The molecular weight excluding hydrogens is 649 g/mol. The Morgan fingerprint density at radius 1 is 0.978 bits per heavy atom. The summed E-state index contributed by atoms with van der Waals surface area (Å²) >= 11 is 0. The van der Waals surface area contributed by atoms with Crippen molar-refractivity contribution in [1.82, 2.24) is 35.1 Å². The van der Waals surface area contributed by atoms with Crippen LogP contribution in [0.4, 0.5) is 19.0 Å². The maximum Gasteiger partial charge on any atom is 0.264 e. The van der Waals surface area contributed by atoms with Gasteiger partial charge in [-0.15, -0.1) is 0 Å². The molecule has 4 radical (unpaired) electrons. The molecule has 17 nitrogen and oxygen atoms in total. The lowest BCUT2D eigenvalue weighted by atomic mass is 10.0. The number of nitrogens with one attached hydrogen (secondary N) is 2. The number of nitrogen functional groups attached to an aromatic ring is 1. The van der Waals surface area contributed by atoms with E-state index in [-0.39, 0.29) is 23.7 Å². The van der Waals surface area contributed by atoms with Gasteiger partial charge in [-0.05, 0) is 0 Å². The van der Waals surface area contributed by atoms with Crippen LogP contribution >= 0.6 is 14.9 Å². The maximum atomic E-state index is 16.0. The number of fused-ring (bicyclic) bond motifs is 4. The maximum absolute atomic E-state index is 16.0. The zero-order chi connectivity index (χ0) is 31.8. The summed E-state index contributed by atoms with van der Waals surface area (Å²) in [7, 11) is 2.28. The van der Waals surface area contributed by atoms with E-state index < -0.39 is 101 Å². The molecule has 2 aromatic rings. The molecule has 4 unspecified atom stereocenters. The molecule has 5 aliphatic rings. The van der Waals surface area contributed by atoms with E-state index in [1.54, 1.807) is 0 Å². The highest BCUT2D eigenvalue weighted by Crippen LogP contribution is 2.53. The molecule has 0 spiro atoms. The second kappa shape index (κ2) is 11.3. The number of nitrogens with zero attached hydrogens (tertiary/aromatic N) is 5. The van der Waals surface area contributed by atoms with E-state index >= 15 is 8.78 Å². The molecule has 5 aliphatic heterocycles. The number of ether oxygens (including phenoxy) is 2. The Morgan fingerprint density at radius 2 is 1.60 bits per heavy atom. The predicted octanol–water partition coefficient (Wildman–Crippen LogP) is -0.177. The van der Waals surface area contributed by atoms with E-state index in [2.05, 4.69) is 25.6 Å². The fourth-order valence-electron chi connectivity index (χ4n) is 5.89. The Bertz CT molecular complexity index is 1650. The van der Waals surface area contributed by atoms with Crippen molar-refractivity contribution in [3.05, 3.63) is 24.7 Å². The van der Waals surface area contributed by atoms with Gasteiger partial charge in [0.1, 0.15) is 54.2 Å². The first kappa shape index (κ1) is 31.1. The van der Waals surface area contributed by atoms with E-state index in [0.717, 1.165) is 17.4 Å². The van der Waals surface area contributed by atoms with Crippen LogP contribution in [0.3, 0.4) is 0 Å². The van der Waals surface area contributed by atoms with Crippen LogP contribution in [0.15, 0.2) is 24.7 Å². The summed E-state index contributed by atoms with van der Waals surface area (Å²) in [6.07, 6.45) is -11.7. The fourth-order valence-corrected chi connectivity index (χ4v) is 7.90. The van der Waals surface area contributed by atoms with Gasteiger partial charge in [-0.25, -0.2) is 28.1 Å². The van der Waals surface area contributed by atoms with Crippen LogP contribution in [0.2, 0.25) is 0 Å². The Morgan fingerprint density at radius 3 is 2.27 bits per heavy atom. The minimum absolute atomic E-state index is 0.0201. The van der Waals surface area contributed by atoms with Crippen molar-refractivity contribution >= 4 is 53.0 Å². The molecule has 4 fully saturated rings. The zero-order valence-electron chi connectivity index (χ0n) is 22.8. The third-order valence-electron chi connectivity index (χ3n) is 7.93. The summed E-state index contributed by atoms with van der Waals surface area (Å²) in [4.78, 5) is 25.2. The molecule has 24 heteroatoms. The Hall–Kier alpha value is -2.54. The molecule has 0 aliphatic carbocycles. The Kier molecular flexibility index (Phi) is 7.81. The van der Waals surface area contributed by atoms with Gasteiger partial charge < -0.3 is 43.5 Å². The summed E-state index contributed by atoms with van der Waals surface area (Å²) in [6.45, 7) is -1.59. The van der Waals surface area contributed by atoms with Gasteiger partial charge >= 0.3 is 0 Å². The number of rotatable bonds is 2. The summed E-state index contributed by atoms with van der Waals surface area (Å²) in [5.74, 6) is -2.76. The van der Waals surface area contributed by atoms with Gasteiger partial charge in [0.2, 0.25) is 21.0 Å². The molecular formula is C21H23B2F3N8O9P2. The molecule has 7 heterocycles. The topological polar surface area (TPSA) is 204 Å². The number of carbonyl (C=O) groups excluding carboxylic acids is 1. The van der Waals surface area contributed by atoms with E-state index in [9.17, 15) is 18.3 Å². The summed E-state index contributed by atoms with van der Waals surface area (Å²) < 4.78 is 107. The van der Waals surface area contributed by atoms with Crippen molar-refractivity contribution in [3.63, 3.8) is 0 Å². The number of anilines is 1. The van der Waals surface area contributed by atoms with Crippen molar-refractivity contribution in [3.8, 4) is 0 Å². The zero-order valence-corrected chi connectivity index (χ0v) is 24.6. The number of carbonyl (C=O) groups is 1. The number of hydrogen-bond acceptors (Lipinski definition) is 15. The van der Waals surface area contributed by atoms with Crippen molar-refractivity contribution < 1.29 is 54.7 Å². The van der Waals surface area contributed by atoms with Crippen LogP contribution in [-0.2, 0) is 41.5 Å². The first-order valence-electron chi connectivity index (χ1n) is 13.4.